The van der Waals surface area contributed by atoms with Crippen LogP contribution in [0, 0.1) is 11.8 Å². The van der Waals surface area contributed by atoms with Crippen LogP contribution in [-0.2, 0) is 26.1 Å². The Bertz CT molecular complexity index is 860. The van der Waals surface area contributed by atoms with E-state index >= 15 is 0 Å². The summed E-state index contributed by atoms with van der Waals surface area (Å²) in [6.45, 7) is 2.86. The lowest BCUT2D eigenvalue weighted by atomic mass is 9.75. The number of esters is 1. The number of para-hydroxylation sites is 1. The highest BCUT2D eigenvalue weighted by Gasteiger charge is 2.66. The number of H-pyrrole nitrogens is 1. The van der Waals surface area contributed by atoms with Crippen molar-refractivity contribution >= 4 is 16.9 Å². The normalized spacial score (nSPS) is 32.6. The fraction of sp³-hybridized carbons (Fsp3) is 0.571. The van der Waals surface area contributed by atoms with Crippen LogP contribution in [0.2, 0.25) is 0 Å². The van der Waals surface area contributed by atoms with Gasteiger partial charge in [0.15, 0.2) is 0 Å². The van der Waals surface area contributed by atoms with Crippen molar-refractivity contribution in [3.05, 3.63) is 35.5 Å². The van der Waals surface area contributed by atoms with Crippen LogP contribution in [0.3, 0.4) is 0 Å². The van der Waals surface area contributed by atoms with Crippen LogP contribution in [0.5, 0.6) is 0 Å². The molecule has 5 nitrogen and oxygen atoms in total. The standard InChI is InChI=1S/C21H26N2O3/c1-25-10-8-14-13-11-21(20(24)26-2)18-16(7-9-23(12-13)19(14)21)15-5-3-4-6-17(15)22-18/h3-6,13-14,19,22H,7-12H2,1-2H3. The highest BCUT2D eigenvalue weighted by Crippen LogP contribution is 2.58. The van der Waals surface area contributed by atoms with Crippen molar-refractivity contribution in [2.75, 3.05) is 33.9 Å². The second kappa shape index (κ2) is 5.83. The van der Waals surface area contributed by atoms with Crippen LogP contribution in [0.4, 0.5) is 0 Å². The predicted octanol–water partition coefficient (Wildman–Crippen LogP) is 2.49. The molecule has 4 unspecified atom stereocenters. The van der Waals surface area contributed by atoms with Gasteiger partial charge in [0.1, 0.15) is 5.41 Å². The average molecular weight is 354 g/mol. The van der Waals surface area contributed by atoms with Crippen molar-refractivity contribution in [2.24, 2.45) is 11.8 Å². The first-order valence-corrected chi connectivity index (χ1v) is 9.62. The maximum Gasteiger partial charge on any atom is 0.319 e. The topological polar surface area (TPSA) is 54.6 Å². The van der Waals surface area contributed by atoms with Crippen molar-refractivity contribution in [2.45, 2.75) is 30.7 Å². The molecule has 3 heterocycles. The zero-order valence-corrected chi connectivity index (χ0v) is 15.5. The van der Waals surface area contributed by atoms with Gasteiger partial charge in [0, 0.05) is 49.4 Å². The van der Waals surface area contributed by atoms with E-state index in [1.165, 1.54) is 18.1 Å². The van der Waals surface area contributed by atoms with Gasteiger partial charge >= 0.3 is 5.97 Å². The molecule has 5 heteroatoms. The van der Waals surface area contributed by atoms with E-state index in [0.29, 0.717) is 11.8 Å². The monoisotopic (exact) mass is 354 g/mol. The molecule has 3 aliphatic rings. The summed E-state index contributed by atoms with van der Waals surface area (Å²) in [5.74, 6) is 0.949. The molecule has 4 atom stereocenters. The number of ether oxygens (including phenoxy) is 2. The van der Waals surface area contributed by atoms with Crippen molar-refractivity contribution in [3.8, 4) is 0 Å². The molecule has 0 spiro atoms. The number of fused-ring (bicyclic) bond motifs is 5. The Balaban J connectivity index is 1.71. The number of nitrogens with zero attached hydrogens (tertiary/aromatic N) is 1. The first-order valence-electron chi connectivity index (χ1n) is 9.62. The number of hydrogen-bond donors (Lipinski definition) is 1. The molecule has 2 fully saturated rings. The number of rotatable bonds is 4. The van der Waals surface area contributed by atoms with Crippen LogP contribution in [0.1, 0.15) is 24.1 Å². The number of carbonyl (C=O) groups is 1. The van der Waals surface area contributed by atoms with Gasteiger partial charge in [-0.25, -0.2) is 0 Å². The van der Waals surface area contributed by atoms with E-state index in [-0.39, 0.29) is 12.0 Å². The lowest BCUT2D eigenvalue weighted by molar-refractivity contribution is -0.151. The second-order valence-electron chi connectivity index (χ2n) is 8.09. The van der Waals surface area contributed by atoms with Crippen LogP contribution in [-0.4, -0.2) is 55.8 Å². The van der Waals surface area contributed by atoms with Gasteiger partial charge in [-0.05, 0) is 42.7 Å². The second-order valence-corrected chi connectivity index (χ2v) is 8.09. The predicted molar refractivity (Wildman–Crippen MR) is 99.1 cm³/mol. The number of piperidine rings is 1. The Morgan fingerprint density at radius 1 is 1.35 bits per heavy atom. The third kappa shape index (κ3) is 1.96. The molecule has 1 aromatic heterocycles. The highest BCUT2D eigenvalue weighted by atomic mass is 16.5. The molecule has 1 N–H and O–H groups in total. The van der Waals surface area contributed by atoms with Crippen molar-refractivity contribution in [3.63, 3.8) is 0 Å². The molecule has 2 aliphatic heterocycles. The number of nitrogens with one attached hydrogen (secondary N) is 1. The molecule has 0 radical (unpaired) electrons. The summed E-state index contributed by atoms with van der Waals surface area (Å²) in [5.41, 5.74) is 2.99. The fourth-order valence-electron chi connectivity index (χ4n) is 6.22. The number of aromatic amines is 1. The minimum atomic E-state index is -0.569. The molecular weight excluding hydrogens is 328 g/mol. The van der Waals surface area contributed by atoms with E-state index in [4.69, 9.17) is 9.47 Å². The van der Waals surface area contributed by atoms with Gasteiger partial charge in [-0.15, -0.1) is 0 Å². The fourth-order valence-corrected chi connectivity index (χ4v) is 6.22. The minimum Gasteiger partial charge on any atom is -0.468 e. The average Bonchev–Trinajstić information content (AvgIpc) is 3.29. The molecule has 1 saturated heterocycles. The smallest absolute Gasteiger partial charge is 0.319 e. The third-order valence-corrected chi connectivity index (χ3v) is 7.08. The number of benzene rings is 1. The van der Waals surface area contributed by atoms with E-state index in [0.717, 1.165) is 50.2 Å². The largest absolute Gasteiger partial charge is 0.468 e. The van der Waals surface area contributed by atoms with Crippen LogP contribution in [0.25, 0.3) is 10.9 Å². The Kier molecular flexibility index (Phi) is 3.66. The van der Waals surface area contributed by atoms with Gasteiger partial charge in [-0.1, -0.05) is 18.2 Å². The molecule has 2 bridgehead atoms. The summed E-state index contributed by atoms with van der Waals surface area (Å²) in [6.07, 6.45) is 2.88. The molecule has 26 heavy (non-hydrogen) atoms. The van der Waals surface area contributed by atoms with Crippen molar-refractivity contribution in [1.82, 2.24) is 9.88 Å². The molecule has 1 saturated carbocycles. The van der Waals surface area contributed by atoms with E-state index in [9.17, 15) is 4.79 Å². The number of hydrogen-bond acceptors (Lipinski definition) is 4. The Morgan fingerprint density at radius 2 is 2.19 bits per heavy atom. The molecule has 138 valence electrons. The molecule has 5 rings (SSSR count). The van der Waals surface area contributed by atoms with Gasteiger partial charge in [-0.3, -0.25) is 9.69 Å². The summed E-state index contributed by atoms with van der Waals surface area (Å²) in [5, 5.41) is 1.25. The Labute approximate surface area is 153 Å². The first-order chi connectivity index (χ1) is 12.7. The molecular formula is C21H26N2O3. The van der Waals surface area contributed by atoms with Gasteiger partial charge in [-0.2, -0.15) is 0 Å². The molecule has 1 aliphatic carbocycles. The minimum absolute atomic E-state index is 0.0770. The van der Waals surface area contributed by atoms with E-state index in [1.807, 2.05) is 0 Å². The quantitative estimate of drug-likeness (QED) is 0.857. The lowest BCUT2D eigenvalue weighted by Gasteiger charge is -2.40. The molecule has 1 aromatic carbocycles. The highest BCUT2D eigenvalue weighted by molar-refractivity contribution is 5.92. The summed E-state index contributed by atoms with van der Waals surface area (Å²) in [6, 6.07) is 8.64. The van der Waals surface area contributed by atoms with Crippen molar-refractivity contribution < 1.29 is 14.3 Å². The maximum absolute atomic E-state index is 13.2. The number of aromatic nitrogens is 1. The summed E-state index contributed by atoms with van der Waals surface area (Å²) >= 11 is 0. The van der Waals surface area contributed by atoms with Crippen LogP contribution in [0.15, 0.2) is 24.3 Å². The van der Waals surface area contributed by atoms with E-state index < -0.39 is 5.41 Å². The van der Waals surface area contributed by atoms with Gasteiger partial charge in [0.25, 0.3) is 0 Å². The zero-order chi connectivity index (χ0) is 17.9. The zero-order valence-electron chi connectivity index (χ0n) is 15.5. The summed E-state index contributed by atoms with van der Waals surface area (Å²) < 4.78 is 10.8. The Morgan fingerprint density at radius 3 is 3.00 bits per heavy atom. The molecule has 0 amide bonds. The lowest BCUT2D eigenvalue weighted by Crippen LogP contribution is -2.54. The van der Waals surface area contributed by atoms with Crippen LogP contribution < -0.4 is 0 Å². The SMILES string of the molecule is COCCC1C2CN3CCc4c([nH]c5ccccc45)C(C(=O)OC)(C2)C13. The molecule has 2 aromatic rings. The van der Waals surface area contributed by atoms with Gasteiger partial charge < -0.3 is 14.5 Å². The summed E-state index contributed by atoms with van der Waals surface area (Å²) in [4.78, 5) is 19.4. The van der Waals surface area contributed by atoms with Gasteiger partial charge in [0.05, 0.1) is 7.11 Å². The van der Waals surface area contributed by atoms with Crippen molar-refractivity contribution in [1.29, 1.82) is 0 Å². The van der Waals surface area contributed by atoms with E-state index in [1.54, 1.807) is 7.11 Å². The summed E-state index contributed by atoms with van der Waals surface area (Å²) in [7, 11) is 3.29. The van der Waals surface area contributed by atoms with Crippen LogP contribution >= 0.6 is 0 Å². The van der Waals surface area contributed by atoms with E-state index in [2.05, 4.69) is 34.1 Å². The number of methoxy groups -OCH3 is 2. The van der Waals surface area contributed by atoms with Gasteiger partial charge in [0.2, 0.25) is 0 Å². The number of carbonyl (C=O) groups excluding carboxylic acids is 1. The Hall–Kier alpha value is -1.85. The maximum atomic E-state index is 13.2. The first kappa shape index (κ1) is 16.3. The third-order valence-electron chi connectivity index (χ3n) is 7.08.